The van der Waals surface area contributed by atoms with E-state index in [1.165, 1.54) is 27.8 Å². The van der Waals surface area contributed by atoms with Gasteiger partial charge >= 0.3 is 5.69 Å². The summed E-state index contributed by atoms with van der Waals surface area (Å²) in [6.07, 6.45) is 1.48. The molecule has 36 heavy (non-hydrogen) atoms. The molecule has 1 N–H and O–H groups in total. The van der Waals surface area contributed by atoms with Crippen LogP contribution < -0.4 is 16.6 Å². The van der Waals surface area contributed by atoms with Crippen LogP contribution in [0.4, 0.5) is 0 Å². The van der Waals surface area contributed by atoms with Crippen LogP contribution in [0, 0.1) is 5.92 Å². The topological polar surface area (TPSA) is 73.1 Å². The smallest absolute Gasteiger partial charge is 0.331 e. The normalized spacial score (nSPS) is 11.2. The number of nitrogens with one attached hydrogen (secondary N) is 1. The molecule has 2 aromatic heterocycles. The maximum absolute atomic E-state index is 13.4. The number of fused-ring (bicyclic) bond motifs is 2. The minimum absolute atomic E-state index is 0. The molecule has 0 fully saturated rings. The molecule has 0 aliphatic carbocycles. The highest BCUT2D eigenvalue weighted by atomic mass is 32.2. The highest BCUT2D eigenvalue weighted by Gasteiger charge is 2.22. The second-order valence-corrected chi connectivity index (χ2v) is 11.4. The SMILES string of the molecule is C.CC(=O)NCCCSc1c(Cc2cccc3ccccc23)sc2c1c(=O)n(C)c(=O)n2CC(C)C. The van der Waals surface area contributed by atoms with E-state index in [1.807, 2.05) is 12.1 Å². The van der Waals surface area contributed by atoms with E-state index in [9.17, 15) is 14.4 Å². The van der Waals surface area contributed by atoms with Crippen LogP contribution >= 0.6 is 23.1 Å². The van der Waals surface area contributed by atoms with Gasteiger partial charge in [0, 0.05) is 43.3 Å². The Labute approximate surface area is 220 Å². The molecule has 0 spiro atoms. The van der Waals surface area contributed by atoms with E-state index in [-0.39, 0.29) is 30.5 Å². The van der Waals surface area contributed by atoms with Crippen molar-refractivity contribution >= 4 is 50.0 Å². The third-order valence-corrected chi connectivity index (χ3v) is 8.49. The van der Waals surface area contributed by atoms with Crippen molar-refractivity contribution in [3.8, 4) is 0 Å². The Morgan fingerprint density at radius 3 is 2.56 bits per heavy atom. The van der Waals surface area contributed by atoms with Crippen molar-refractivity contribution in [2.45, 2.75) is 52.5 Å². The second-order valence-electron chi connectivity index (χ2n) is 9.19. The summed E-state index contributed by atoms with van der Waals surface area (Å²) < 4.78 is 3.00. The Morgan fingerprint density at radius 1 is 1.11 bits per heavy atom. The van der Waals surface area contributed by atoms with E-state index in [4.69, 9.17) is 0 Å². The van der Waals surface area contributed by atoms with Gasteiger partial charge in [-0.25, -0.2) is 4.79 Å². The Bertz CT molecular complexity index is 1490. The van der Waals surface area contributed by atoms with E-state index in [2.05, 4.69) is 49.5 Å². The first kappa shape index (κ1) is 27.7. The highest BCUT2D eigenvalue weighted by molar-refractivity contribution is 7.99. The standard InChI is InChI=1S/C27H31N3O3S2.CH4/c1-17(2)16-30-26-23(25(32)29(4)27(30)33)24(34-14-8-13-28-18(3)31)22(35-26)15-20-11-7-10-19-9-5-6-12-21(19)20;/h5-7,9-12,17H,8,13-16H2,1-4H3,(H,28,31);1H4. The van der Waals surface area contributed by atoms with E-state index >= 15 is 0 Å². The van der Waals surface area contributed by atoms with Crippen LogP contribution in [0.2, 0.25) is 0 Å². The largest absolute Gasteiger partial charge is 0.356 e. The molecule has 192 valence electrons. The number of hydrogen-bond donors (Lipinski definition) is 1. The average molecular weight is 526 g/mol. The van der Waals surface area contributed by atoms with Gasteiger partial charge in [0.15, 0.2) is 0 Å². The number of thioether (sulfide) groups is 1. The van der Waals surface area contributed by atoms with Crippen molar-refractivity contribution in [1.29, 1.82) is 0 Å². The number of thiophene rings is 1. The second kappa shape index (κ2) is 11.9. The van der Waals surface area contributed by atoms with Crippen LogP contribution in [-0.4, -0.2) is 27.3 Å². The van der Waals surface area contributed by atoms with Crippen molar-refractivity contribution in [2.75, 3.05) is 12.3 Å². The van der Waals surface area contributed by atoms with Gasteiger partial charge in [-0.2, -0.15) is 0 Å². The molecule has 4 rings (SSSR count). The number of nitrogens with zero attached hydrogens (tertiary/aromatic N) is 2. The number of carbonyl (C=O) groups excluding carboxylic acids is 1. The summed E-state index contributed by atoms with van der Waals surface area (Å²) in [5.41, 5.74) is 0.690. The van der Waals surface area contributed by atoms with Crippen LogP contribution in [0.5, 0.6) is 0 Å². The molecule has 2 heterocycles. The number of rotatable bonds is 9. The summed E-state index contributed by atoms with van der Waals surface area (Å²) in [6.45, 7) is 6.82. The molecule has 0 aliphatic heterocycles. The molecule has 0 aliphatic rings. The number of hydrogen-bond acceptors (Lipinski definition) is 5. The Kier molecular flexibility index (Phi) is 9.19. The molecule has 0 saturated carbocycles. The zero-order chi connectivity index (χ0) is 25.1. The summed E-state index contributed by atoms with van der Waals surface area (Å²) in [4.78, 5) is 40.4. The van der Waals surface area contributed by atoms with Crippen molar-refractivity contribution in [3.05, 3.63) is 73.7 Å². The maximum Gasteiger partial charge on any atom is 0.331 e. The van der Waals surface area contributed by atoms with Gasteiger partial charge in [0.1, 0.15) is 4.83 Å². The molecule has 8 heteroatoms. The first-order valence-electron chi connectivity index (χ1n) is 11.9. The summed E-state index contributed by atoms with van der Waals surface area (Å²) in [5.74, 6) is 0.992. The van der Waals surface area contributed by atoms with Crippen LogP contribution in [-0.2, 0) is 24.8 Å². The fourth-order valence-corrected chi connectivity index (χ4v) is 6.91. The summed E-state index contributed by atoms with van der Waals surface area (Å²) in [7, 11) is 1.56. The van der Waals surface area contributed by atoms with Crippen LogP contribution in [0.1, 0.15) is 45.1 Å². The number of aromatic nitrogens is 2. The van der Waals surface area contributed by atoms with E-state index in [1.54, 1.807) is 34.7 Å². The Morgan fingerprint density at radius 2 is 1.83 bits per heavy atom. The van der Waals surface area contributed by atoms with E-state index < -0.39 is 0 Å². The zero-order valence-electron chi connectivity index (χ0n) is 20.6. The van der Waals surface area contributed by atoms with Crippen LogP contribution in [0.3, 0.4) is 0 Å². The maximum atomic E-state index is 13.4. The van der Waals surface area contributed by atoms with Gasteiger partial charge in [-0.1, -0.05) is 63.7 Å². The van der Waals surface area contributed by atoms with Gasteiger partial charge in [-0.15, -0.1) is 23.1 Å². The Balaban J connectivity index is 0.00000361. The van der Waals surface area contributed by atoms with E-state index in [0.717, 1.165) is 26.8 Å². The van der Waals surface area contributed by atoms with Gasteiger partial charge in [0.2, 0.25) is 5.91 Å². The lowest BCUT2D eigenvalue weighted by Crippen LogP contribution is -2.38. The third kappa shape index (κ3) is 5.76. The number of carbonyl (C=O) groups is 1. The molecule has 6 nitrogen and oxygen atoms in total. The molecule has 0 saturated heterocycles. The number of benzene rings is 2. The van der Waals surface area contributed by atoms with Crippen molar-refractivity contribution in [3.63, 3.8) is 0 Å². The van der Waals surface area contributed by atoms with Gasteiger partial charge in [0.25, 0.3) is 5.56 Å². The minimum atomic E-state index is -0.267. The molecule has 1 amide bonds. The lowest BCUT2D eigenvalue weighted by molar-refractivity contribution is -0.118. The van der Waals surface area contributed by atoms with Crippen LogP contribution in [0.15, 0.2) is 56.9 Å². The summed E-state index contributed by atoms with van der Waals surface area (Å²) in [5, 5.41) is 5.85. The van der Waals surface area contributed by atoms with Crippen molar-refractivity contribution in [2.24, 2.45) is 13.0 Å². The molecule has 0 radical (unpaired) electrons. The first-order valence-corrected chi connectivity index (χ1v) is 13.7. The van der Waals surface area contributed by atoms with Crippen molar-refractivity contribution < 1.29 is 4.79 Å². The summed E-state index contributed by atoms with van der Waals surface area (Å²) in [6, 6.07) is 14.6. The lowest BCUT2D eigenvalue weighted by Gasteiger charge is -2.12. The van der Waals surface area contributed by atoms with Gasteiger partial charge in [0.05, 0.1) is 5.39 Å². The van der Waals surface area contributed by atoms with Gasteiger partial charge < -0.3 is 5.32 Å². The highest BCUT2D eigenvalue weighted by Crippen LogP contribution is 2.38. The lowest BCUT2D eigenvalue weighted by atomic mass is 10.0. The third-order valence-electron chi connectivity index (χ3n) is 5.92. The first-order chi connectivity index (χ1) is 16.8. The monoisotopic (exact) mass is 525 g/mol. The minimum Gasteiger partial charge on any atom is -0.356 e. The predicted octanol–water partition coefficient (Wildman–Crippen LogP) is 5.42. The van der Waals surface area contributed by atoms with E-state index in [0.29, 0.717) is 24.9 Å². The molecular formula is C28H35N3O3S2. The predicted molar refractivity (Wildman–Crippen MR) is 154 cm³/mol. The van der Waals surface area contributed by atoms with Gasteiger partial charge in [-0.05, 0) is 34.4 Å². The number of amides is 1. The summed E-state index contributed by atoms with van der Waals surface area (Å²) >= 11 is 3.21. The van der Waals surface area contributed by atoms with Crippen molar-refractivity contribution in [1.82, 2.24) is 14.5 Å². The zero-order valence-corrected chi connectivity index (χ0v) is 22.2. The van der Waals surface area contributed by atoms with Crippen LogP contribution in [0.25, 0.3) is 21.0 Å². The quantitative estimate of drug-likeness (QED) is 0.234. The molecule has 0 unspecified atom stereocenters. The molecule has 4 aromatic rings. The molecule has 0 bridgehead atoms. The fraction of sp³-hybridized carbons (Fsp3) is 0.393. The van der Waals surface area contributed by atoms with Gasteiger partial charge in [-0.3, -0.25) is 18.7 Å². The molecule has 0 atom stereocenters. The molecule has 2 aromatic carbocycles. The Hall–Kier alpha value is -2.84. The average Bonchev–Trinajstić information content (AvgIpc) is 3.18. The fourth-order valence-electron chi connectivity index (χ4n) is 4.28. The molecular weight excluding hydrogens is 490 g/mol.